The molecule has 1 heterocycles. The average Bonchev–Trinajstić information content (AvgIpc) is 1.99. The first-order valence-corrected chi connectivity index (χ1v) is 8.89. The molecule has 0 spiro atoms. The molecule has 0 aromatic carbocycles. The van der Waals surface area contributed by atoms with Gasteiger partial charge >= 0.3 is 101 Å². The fraction of sp³-hybridized carbons (Fsp3) is 0.692. The first kappa shape index (κ1) is 13.1. The van der Waals surface area contributed by atoms with Gasteiger partial charge in [-0.15, -0.1) is 0 Å². The minimum absolute atomic E-state index is 0.139. The van der Waals surface area contributed by atoms with Crippen LogP contribution in [0, 0.1) is 5.41 Å². The van der Waals surface area contributed by atoms with Crippen LogP contribution in [-0.2, 0) is 2.73 Å². The third-order valence-electron chi connectivity index (χ3n) is 2.17. The predicted octanol–water partition coefficient (Wildman–Crippen LogP) is 4.17. The van der Waals surface area contributed by atoms with Gasteiger partial charge in [0, 0.05) is 0 Å². The van der Waals surface area contributed by atoms with Gasteiger partial charge in [-0.05, 0) is 0 Å². The van der Waals surface area contributed by atoms with Crippen molar-refractivity contribution in [3.8, 4) is 0 Å². The first-order valence-electron chi connectivity index (χ1n) is 5.43. The molecule has 0 radical (unpaired) electrons. The van der Waals surface area contributed by atoms with E-state index in [-0.39, 0.29) is 5.41 Å². The molecule has 1 nitrogen and oxygen atoms in total. The summed E-state index contributed by atoms with van der Waals surface area (Å²) in [6.45, 7) is 15.7. The standard InChI is InChI=1S/C13H23OTe/c1-10-8-11(12(2,3)4)14-15(9-10)13(5,6)7/h8-9H,1-7H3/q+1. The van der Waals surface area contributed by atoms with Gasteiger partial charge in [0.1, 0.15) is 0 Å². The summed E-state index contributed by atoms with van der Waals surface area (Å²) in [5.74, 6) is 1.18. The van der Waals surface area contributed by atoms with Crippen molar-refractivity contribution in [3.63, 3.8) is 0 Å². The van der Waals surface area contributed by atoms with Crippen LogP contribution in [0.15, 0.2) is 21.5 Å². The van der Waals surface area contributed by atoms with Gasteiger partial charge in [-0.25, -0.2) is 0 Å². The van der Waals surface area contributed by atoms with E-state index in [1.54, 1.807) is 0 Å². The number of allylic oxidation sites excluding steroid dienone is 3. The molecule has 0 aliphatic carbocycles. The van der Waals surface area contributed by atoms with Crippen LogP contribution in [0.4, 0.5) is 0 Å². The first-order chi connectivity index (χ1) is 6.60. The molecular weight excluding hydrogens is 300 g/mol. The zero-order valence-electron chi connectivity index (χ0n) is 11.0. The molecular formula is C13H23OTe+. The fourth-order valence-electron chi connectivity index (χ4n) is 1.20. The average molecular weight is 323 g/mol. The Kier molecular flexibility index (Phi) is 3.63. The SMILES string of the molecule is CC1=C[Te](C(C)(C)C)=[O+]C(C(C)(C)C)=C1. The summed E-state index contributed by atoms with van der Waals surface area (Å²) in [6.07, 6.45) is 2.20. The number of hydrogen-bond donors (Lipinski definition) is 0. The van der Waals surface area contributed by atoms with Gasteiger partial charge in [-0.1, -0.05) is 0 Å². The van der Waals surface area contributed by atoms with Crippen LogP contribution >= 0.6 is 0 Å². The molecule has 86 valence electrons. The van der Waals surface area contributed by atoms with Crippen molar-refractivity contribution in [3.05, 3.63) is 21.5 Å². The second kappa shape index (κ2) is 4.15. The molecule has 1 rings (SSSR count). The van der Waals surface area contributed by atoms with Crippen molar-refractivity contribution >= 4 is 19.5 Å². The molecule has 0 saturated carbocycles. The Morgan fingerprint density at radius 1 is 1.07 bits per heavy atom. The van der Waals surface area contributed by atoms with Gasteiger partial charge in [0.15, 0.2) is 0 Å². The third kappa shape index (κ3) is 3.54. The maximum atomic E-state index is 6.24. The zero-order chi connectivity index (χ0) is 11.9. The Labute approximate surface area is 101 Å². The second-order valence-electron chi connectivity index (χ2n) is 6.11. The minimum atomic E-state index is -1.59. The van der Waals surface area contributed by atoms with E-state index in [0.717, 1.165) is 0 Å². The molecule has 1 aliphatic heterocycles. The Morgan fingerprint density at radius 2 is 1.60 bits per heavy atom. The fourth-order valence-corrected chi connectivity index (χ4v) is 5.62. The summed E-state index contributed by atoms with van der Waals surface area (Å²) >= 11 is -1.59. The summed E-state index contributed by atoms with van der Waals surface area (Å²) < 4.78 is 8.96. The Morgan fingerprint density at radius 3 is 2.00 bits per heavy atom. The molecule has 0 N–H and O–H groups in total. The quantitative estimate of drug-likeness (QED) is 0.468. The summed E-state index contributed by atoms with van der Waals surface area (Å²) in [6, 6.07) is 0. The van der Waals surface area contributed by atoms with E-state index in [1.165, 1.54) is 11.3 Å². The molecule has 1 aliphatic rings. The molecule has 15 heavy (non-hydrogen) atoms. The molecule has 0 atom stereocenters. The Hall–Kier alpha value is 0.0696. The molecule has 0 bridgehead atoms. The van der Waals surface area contributed by atoms with E-state index >= 15 is 0 Å². The van der Waals surface area contributed by atoms with Crippen molar-refractivity contribution in [1.82, 2.24) is 0 Å². The monoisotopic (exact) mass is 325 g/mol. The van der Waals surface area contributed by atoms with E-state index in [0.29, 0.717) is 3.46 Å². The zero-order valence-corrected chi connectivity index (χ0v) is 13.3. The van der Waals surface area contributed by atoms with Gasteiger partial charge in [-0.2, -0.15) is 0 Å². The maximum absolute atomic E-state index is 6.24. The topological polar surface area (TPSA) is 11.3 Å². The molecule has 2 heteroatoms. The summed E-state index contributed by atoms with van der Waals surface area (Å²) in [4.78, 5) is 0. The predicted molar refractivity (Wildman–Crippen MR) is 67.5 cm³/mol. The Balaban J connectivity index is 3.17. The number of rotatable bonds is 0. The van der Waals surface area contributed by atoms with E-state index in [9.17, 15) is 0 Å². The van der Waals surface area contributed by atoms with Crippen LogP contribution in [0.3, 0.4) is 0 Å². The van der Waals surface area contributed by atoms with Crippen molar-refractivity contribution in [1.29, 1.82) is 0 Å². The van der Waals surface area contributed by atoms with Gasteiger partial charge in [0.2, 0.25) is 0 Å². The molecule has 0 unspecified atom stereocenters. The van der Waals surface area contributed by atoms with Crippen LogP contribution in [0.2, 0.25) is 3.46 Å². The molecule has 0 aromatic rings. The third-order valence-corrected chi connectivity index (χ3v) is 8.32. The van der Waals surface area contributed by atoms with E-state index in [4.69, 9.17) is 2.73 Å². The Bertz CT molecular complexity index is 331. The summed E-state index contributed by atoms with van der Waals surface area (Å²) in [5.41, 5.74) is 1.53. The summed E-state index contributed by atoms with van der Waals surface area (Å²) in [5, 5.41) is 0. The van der Waals surface area contributed by atoms with E-state index in [2.05, 4.69) is 58.7 Å². The van der Waals surface area contributed by atoms with E-state index in [1.807, 2.05) is 0 Å². The van der Waals surface area contributed by atoms with Crippen LogP contribution in [0.1, 0.15) is 48.5 Å². The van der Waals surface area contributed by atoms with Crippen molar-refractivity contribution < 1.29 is 2.73 Å². The van der Waals surface area contributed by atoms with Crippen molar-refractivity contribution in [2.75, 3.05) is 0 Å². The van der Waals surface area contributed by atoms with Gasteiger partial charge < -0.3 is 0 Å². The van der Waals surface area contributed by atoms with Crippen molar-refractivity contribution in [2.24, 2.45) is 5.41 Å². The van der Waals surface area contributed by atoms with Gasteiger partial charge in [0.05, 0.1) is 0 Å². The van der Waals surface area contributed by atoms with Crippen LogP contribution in [0.25, 0.3) is 0 Å². The molecule has 0 fully saturated rings. The number of hydrogen-bond acceptors (Lipinski definition) is 0. The van der Waals surface area contributed by atoms with Crippen LogP contribution < -0.4 is 0 Å². The molecule has 0 saturated heterocycles. The van der Waals surface area contributed by atoms with Crippen LogP contribution in [-0.4, -0.2) is 19.5 Å². The van der Waals surface area contributed by atoms with E-state index < -0.39 is 19.5 Å². The normalized spacial score (nSPS) is 19.4. The molecule has 0 amide bonds. The van der Waals surface area contributed by atoms with Crippen LogP contribution in [0.5, 0.6) is 0 Å². The van der Waals surface area contributed by atoms with Crippen molar-refractivity contribution in [2.45, 2.75) is 51.9 Å². The van der Waals surface area contributed by atoms with Gasteiger partial charge in [-0.3, -0.25) is 0 Å². The molecule has 0 aromatic heterocycles. The summed E-state index contributed by atoms with van der Waals surface area (Å²) in [7, 11) is 0. The van der Waals surface area contributed by atoms with Gasteiger partial charge in [0.25, 0.3) is 0 Å². The second-order valence-corrected chi connectivity index (χ2v) is 12.5.